The third-order valence-corrected chi connectivity index (χ3v) is 5.10. The summed E-state index contributed by atoms with van der Waals surface area (Å²) in [6.45, 7) is 1.46. The van der Waals surface area contributed by atoms with Crippen molar-refractivity contribution in [3.05, 3.63) is 76.9 Å². The number of benzene rings is 2. The number of carbonyl (C=O) groups excluding carboxylic acids is 2. The van der Waals surface area contributed by atoms with Gasteiger partial charge in [0.2, 0.25) is 11.8 Å². The van der Waals surface area contributed by atoms with Gasteiger partial charge in [0.05, 0.1) is 18.5 Å². The first kappa shape index (κ1) is 19.5. The van der Waals surface area contributed by atoms with Gasteiger partial charge in [0, 0.05) is 23.9 Å². The summed E-state index contributed by atoms with van der Waals surface area (Å²) in [7, 11) is 1.57. The smallest absolute Gasteiger partial charge is 0.363 e. The van der Waals surface area contributed by atoms with Gasteiger partial charge in [0.1, 0.15) is 5.75 Å². The lowest BCUT2D eigenvalue weighted by atomic mass is 10.2. The molecule has 2 aromatic carbocycles. The molecule has 0 spiro atoms. The van der Waals surface area contributed by atoms with Gasteiger partial charge in [-0.15, -0.1) is 11.3 Å². The van der Waals surface area contributed by atoms with Crippen LogP contribution < -0.4 is 9.64 Å². The van der Waals surface area contributed by atoms with E-state index in [-0.39, 0.29) is 17.5 Å². The van der Waals surface area contributed by atoms with Crippen molar-refractivity contribution >= 4 is 46.0 Å². The van der Waals surface area contributed by atoms with E-state index in [0.29, 0.717) is 27.8 Å². The molecule has 1 aliphatic heterocycles. The first-order valence-electron chi connectivity index (χ1n) is 9.03. The Kier molecular flexibility index (Phi) is 5.40. The van der Waals surface area contributed by atoms with Gasteiger partial charge >= 0.3 is 5.97 Å². The Balaban J connectivity index is 1.63. The number of nitrogens with zero attached hydrogens (tertiary/aromatic N) is 3. The monoisotopic (exact) mass is 419 g/mol. The van der Waals surface area contributed by atoms with Crippen molar-refractivity contribution in [3.8, 4) is 5.75 Å². The zero-order chi connectivity index (χ0) is 21.1. The predicted octanol–water partition coefficient (Wildman–Crippen LogP) is 4.18. The van der Waals surface area contributed by atoms with E-state index < -0.39 is 5.97 Å². The van der Waals surface area contributed by atoms with Crippen LogP contribution in [0.25, 0.3) is 6.08 Å². The molecule has 0 radical (unpaired) electrons. The van der Waals surface area contributed by atoms with Crippen LogP contribution in [0.1, 0.15) is 18.2 Å². The van der Waals surface area contributed by atoms with Crippen molar-refractivity contribution in [3.63, 3.8) is 0 Å². The minimum absolute atomic E-state index is 0.154. The van der Waals surface area contributed by atoms with Crippen molar-refractivity contribution in [2.45, 2.75) is 6.92 Å². The van der Waals surface area contributed by atoms with Crippen LogP contribution >= 0.6 is 11.3 Å². The van der Waals surface area contributed by atoms with E-state index in [4.69, 9.17) is 9.47 Å². The number of cyclic esters (lactones) is 1. The summed E-state index contributed by atoms with van der Waals surface area (Å²) >= 11 is 1.28. The summed E-state index contributed by atoms with van der Waals surface area (Å²) in [5.41, 5.74) is 2.02. The molecule has 7 nitrogen and oxygen atoms in total. The summed E-state index contributed by atoms with van der Waals surface area (Å²) in [6, 6.07) is 16.3. The van der Waals surface area contributed by atoms with Crippen molar-refractivity contribution in [1.29, 1.82) is 0 Å². The minimum atomic E-state index is -0.542. The van der Waals surface area contributed by atoms with Gasteiger partial charge in [0.25, 0.3) is 0 Å². The molecule has 0 N–H and O–H groups in total. The van der Waals surface area contributed by atoms with Crippen LogP contribution in [0.5, 0.6) is 5.75 Å². The van der Waals surface area contributed by atoms with E-state index in [1.807, 2.05) is 30.3 Å². The maximum Gasteiger partial charge on any atom is 0.363 e. The number of carbonyl (C=O) groups is 2. The van der Waals surface area contributed by atoms with Gasteiger partial charge in [-0.05, 0) is 30.3 Å². The lowest BCUT2D eigenvalue weighted by molar-refractivity contribution is -0.130. The maximum absolute atomic E-state index is 12.3. The van der Waals surface area contributed by atoms with Crippen LogP contribution in [-0.4, -0.2) is 29.9 Å². The first-order chi connectivity index (χ1) is 14.5. The summed E-state index contributed by atoms with van der Waals surface area (Å²) in [5, 5.41) is 2.23. The molecule has 0 fully saturated rings. The maximum atomic E-state index is 12.3. The molecular formula is C22H17N3O4S. The molecular weight excluding hydrogens is 402 g/mol. The zero-order valence-electron chi connectivity index (χ0n) is 16.2. The molecule has 0 unspecified atom stereocenters. The normalized spacial score (nSPS) is 14.4. The van der Waals surface area contributed by atoms with Gasteiger partial charge in [0.15, 0.2) is 10.8 Å². The number of methoxy groups -OCH3 is 1. The summed E-state index contributed by atoms with van der Waals surface area (Å²) < 4.78 is 10.5. The fraction of sp³-hybridized carbons (Fsp3) is 0.0909. The Morgan fingerprint density at radius 3 is 2.70 bits per heavy atom. The lowest BCUT2D eigenvalue weighted by Gasteiger charge is -2.18. The highest BCUT2D eigenvalue weighted by Gasteiger charge is 2.25. The zero-order valence-corrected chi connectivity index (χ0v) is 17.1. The first-order valence-corrected chi connectivity index (χ1v) is 9.91. The fourth-order valence-electron chi connectivity index (χ4n) is 2.88. The average Bonchev–Trinajstić information content (AvgIpc) is 3.36. The highest BCUT2D eigenvalue weighted by molar-refractivity contribution is 7.14. The molecule has 1 amide bonds. The Labute approximate surface area is 176 Å². The SMILES string of the molecule is COc1cccc(N(C(C)=O)c2nc(C=C3N=C(c4ccccc4)OC3=O)cs2)c1. The highest BCUT2D eigenvalue weighted by atomic mass is 32.1. The van der Waals surface area contributed by atoms with Crippen molar-refractivity contribution in [2.24, 2.45) is 4.99 Å². The number of thiazole rings is 1. The molecule has 8 heteroatoms. The molecule has 4 rings (SSSR count). The number of esters is 1. The second-order valence-electron chi connectivity index (χ2n) is 6.31. The number of hydrogen-bond acceptors (Lipinski definition) is 7. The van der Waals surface area contributed by atoms with Crippen molar-refractivity contribution < 1.29 is 19.1 Å². The lowest BCUT2D eigenvalue weighted by Crippen LogP contribution is -2.22. The molecule has 0 bridgehead atoms. The quantitative estimate of drug-likeness (QED) is 0.458. The molecule has 1 aliphatic rings. The van der Waals surface area contributed by atoms with Crippen molar-refractivity contribution in [1.82, 2.24) is 4.98 Å². The fourth-order valence-corrected chi connectivity index (χ4v) is 3.72. The van der Waals surface area contributed by atoms with E-state index in [1.54, 1.807) is 42.8 Å². The number of hydrogen-bond donors (Lipinski definition) is 0. The van der Waals surface area contributed by atoms with Gasteiger partial charge in [-0.25, -0.2) is 14.8 Å². The summed E-state index contributed by atoms with van der Waals surface area (Å²) in [4.78, 5) is 34.7. The van der Waals surface area contributed by atoms with E-state index in [9.17, 15) is 9.59 Å². The molecule has 0 atom stereocenters. The van der Waals surface area contributed by atoms with Crippen LogP contribution in [0.3, 0.4) is 0 Å². The Morgan fingerprint density at radius 1 is 1.17 bits per heavy atom. The molecule has 1 aromatic heterocycles. The van der Waals surface area contributed by atoms with Crippen LogP contribution in [0, 0.1) is 0 Å². The molecule has 3 aromatic rings. The molecule has 30 heavy (non-hydrogen) atoms. The number of aromatic nitrogens is 1. The third kappa shape index (κ3) is 3.99. The second kappa shape index (κ2) is 8.30. The van der Waals surface area contributed by atoms with E-state index in [1.165, 1.54) is 23.2 Å². The Hall–Kier alpha value is -3.78. The minimum Gasteiger partial charge on any atom is -0.497 e. The molecule has 0 saturated carbocycles. The topological polar surface area (TPSA) is 81.1 Å². The van der Waals surface area contributed by atoms with Crippen LogP contribution in [0.2, 0.25) is 0 Å². The van der Waals surface area contributed by atoms with Gasteiger partial charge in [-0.2, -0.15) is 0 Å². The number of rotatable bonds is 5. The highest BCUT2D eigenvalue weighted by Crippen LogP contribution is 2.32. The van der Waals surface area contributed by atoms with Crippen molar-refractivity contribution in [2.75, 3.05) is 12.0 Å². The van der Waals surface area contributed by atoms with Gasteiger partial charge in [-0.3, -0.25) is 9.69 Å². The summed E-state index contributed by atoms with van der Waals surface area (Å²) in [5.74, 6) is 0.152. The van der Waals surface area contributed by atoms with Gasteiger partial charge < -0.3 is 9.47 Å². The molecule has 2 heterocycles. The average molecular weight is 419 g/mol. The largest absolute Gasteiger partial charge is 0.497 e. The van der Waals surface area contributed by atoms with Crippen LogP contribution in [-0.2, 0) is 14.3 Å². The number of ether oxygens (including phenoxy) is 2. The van der Waals surface area contributed by atoms with Crippen LogP contribution in [0.4, 0.5) is 10.8 Å². The number of anilines is 2. The van der Waals surface area contributed by atoms with E-state index in [2.05, 4.69) is 9.98 Å². The third-order valence-electron chi connectivity index (χ3n) is 4.25. The number of aliphatic imine (C=N–C) groups is 1. The summed E-state index contributed by atoms with van der Waals surface area (Å²) in [6.07, 6.45) is 1.54. The second-order valence-corrected chi connectivity index (χ2v) is 7.15. The van der Waals surface area contributed by atoms with E-state index in [0.717, 1.165) is 0 Å². The molecule has 0 saturated heterocycles. The Morgan fingerprint density at radius 2 is 1.97 bits per heavy atom. The van der Waals surface area contributed by atoms with Crippen LogP contribution in [0.15, 0.2) is 70.7 Å². The molecule has 0 aliphatic carbocycles. The van der Waals surface area contributed by atoms with E-state index >= 15 is 0 Å². The standard InChI is InChI=1S/C22H17N3O4S/c1-14(26)25(17-9-6-10-18(12-17)28-2)22-23-16(13-30-22)11-19-21(27)29-20(24-19)15-7-4-3-5-8-15/h3-13H,1-2H3. The Bertz CT molecular complexity index is 1170. The molecule has 150 valence electrons. The number of amides is 1. The van der Waals surface area contributed by atoms with Gasteiger partial charge in [-0.1, -0.05) is 24.3 Å². The predicted molar refractivity (Wildman–Crippen MR) is 115 cm³/mol.